The summed E-state index contributed by atoms with van der Waals surface area (Å²) in [5.41, 5.74) is 5.18. The quantitative estimate of drug-likeness (QED) is 0.489. The monoisotopic (exact) mass is 113 g/mol. The summed E-state index contributed by atoms with van der Waals surface area (Å²) >= 11 is 0. The van der Waals surface area contributed by atoms with E-state index in [0.29, 0.717) is 12.4 Å². The van der Waals surface area contributed by atoms with Crippen molar-refractivity contribution in [3.63, 3.8) is 0 Å². The maximum atomic E-state index is 5.18. The maximum Gasteiger partial charge on any atom is 0.188 e. The van der Waals surface area contributed by atoms with E-state index in [1.54, 1.807) is 7.05 Å². The van der Waals surface area contributed by atoms with Gasteiger partial charge in [0.25, 0.3) is 0 Å². The molecule has 1 rings (SSSR count). The van der Waals surface area contributed by atoms with E-state index in [-0.39, 0.29) is 0 Å². The molecule has 0 fully saturated rings. The minimum absolute atomic E-state index is 0.355. The molecule has 0 bridgehead atoms. The topological polar surface area (TPSA) is 69.6 Å². The number of tetrazole rings is 1. The van der Waals surface area contributed by atoms with Gasteiger partial charge in [-0.05, 0) is 5.21 Å². The number of aryl methyl sites for hydroxylation is 1. The zero-order valence-electron chi connectivity index (χ0n) is 4.57. The highest BCUT2D eigenvalue weighted by molar-refractivity contribution is 4.71. The molecule has 1 heterocycles. The number of hydrogen-bond donors (Lipinski definition) is 1. The molecule has 0 aliphatic heterocycles. The van der Waals surface area contributed by atoms with Crippen LogP contribution in [0.3, 0.4) is 0 Å². The minimum atomic E-state index is 0.355. The van der Waals surface area contributed by atoms with Crippen LogP contribution in [-0.4, -0.2) is 20.2 Å². The Morgan fingerprint density at radius 3 is 2.75 bits per heavy atom. The van der Waals surface area contributed by atoms with Crippen LogP contribution in [0.1, 0.15) is 5.82 Å². The lowest BCUT2D eigenvalue weighted by molar-refractivity contribution is 0.627. The second-order valence-corrected chi connectivity index (χ2v) is 1.40. The third-order valence-electron chi connectivity index (χ3n) is 0.732. The van der Waals surface area contributed by atoms with Crippen molar-refractivity contribution in [3.8, 4) is 0 Å². The Balaban J connectivity index is 2.84. The Labute approximate surface area is 46.5 Å². The van der Waals surface area contributed by atoms with Gasteiger partial charge in [-0.15, -0.1) is 10.2 Å². The van der Waals surface area contributed by atoms with Crippen molar-refractivity contribution in [3.05, 3.63) is 5.82 Å². The van der Waals surface area contributed by atoms with E-state index in [1.165, 1.54) is 4.80 Å². The van der Waals surface area contributed by atoms with Gasteiger partial charge in [-0.1, -0.05) is 0 Å². The first-order valence-corrected chi connectivity index (χ1v) is 2.26. The highest BCUT2D eigenvalue weighted by Gasteiger charge is 1.92. The average molecular weight is 113 g/mol. The maximum absolute atomic E-state index is 5.18. The van der Waals surface area contributed by atoms with Gasteiger partial charge in [-0.25, -0.2) is 0 Å². The van der Waals surface area contributed by atoms with Crippen LogP contribution < -0.4 is 5.73 Å². The van der Waals surface area contributed by atoms with Gasteiger partial charge in [0.2, 0.25) is 0 Å². The third kappa shape index (κ3) is 0.812. The second kappa shape index (κ2) is 1.87. The summed E-state index contributed by atoms with van der Waals surface area (Å²) < 4.78 is 0. The molecule has 1 aromatic rings. The van der Waals surface area contributed by atoms with Gasteiger partial charge in [-0.2, -0.15) is 4.80 Å². The number of nitrogens with two attached hydrogens (primary N) is 1. The Morgan fingerprint density at radius 2 is 2.50 bits per heavy atom. The number of aromatic nitrogens is 4. The van der Waals surface area contributed by atoms with Crippen LogP contribution in [0.5, 0.6) is 0 Å². The van der Waals surface area contributed by atoms with E-state index >= 15 is 0 Å². The molecular formula is C3H7N5. The molecule has 0 aromatic carbocycles. The van der Waals surface area contributed by atoms with Crippen molar-refractivity contribution in [1.82, 2.24) is 20.2 Å². The largest absolute Gasteiger partial charge is 0.324 e. The molecule has 0 spiro atoms. The van der Waals surface area contributed by atoms with Gasteiger partial charge in [0.15, 0.2) is 5.82 Å². The van der Waals surface area contributed by atoms with Crippen molar-refractivity contribution < 1.29 is 0 Å². The van der Waals surface area contributed by atoms with E-state index in [9.17, 15) is 0 Å². The van der Waals surface area contributed by atoms with E-state index < -0.39 is 0 Å². The lowest BCUT2D eigenvalue weighted by Crippen LogP contribution is -1.99. The first-order chi connectivity index (χ1) is 3.83. The predicted molar refractivity (Wildman–Crippen MR) is 26.7 cm³/mol. The summed E-state index contributed by atoms with van der Waals surface area (Å²) in [6.45, 7) is 0.355. The Bertz CT molecular complexity index is 168. The van der Waals surface area contributed by atoms with Crippen molar-refractivity contribution >= 4 is 0 Å². The van der Waals surface area contributed by atoms with Crippen LogP contribution in [0.2, 0.25) is 0 Å². The van der Waals surface area contributed by atoms with Crippen molar-refractivity contribution in [2.24, 2.45) is 12.8 Å². The van der Waals surface area contributed by atoms with Crippen molar-refractivity contribution in [1.29, 1.82) is 0 Å². The zero-order valence-corrected chi connectivity index (χ0v) is 4.57. The Hall–Kier alpha value is -0.970. The smallest absolute Gasteiger partial charge is 0.188 e. The summed E-state index contributed by atoms with van der Waals surface area (Å²) in [5, 5.41) is 11.0. The molecule has 0 radical (unpaired) electrons. The number of hydrogen-bond acceptors (Lipinski definition) is 4. The van der Waals surface area contributed by atoms with Gasteiger partial charge in [0.05, 0.1) is 13.6 Å². The number of rotatable bonds is 1. The first-order valence-electron chi connectivity index (χ1n) is 2.26. The fourth-order valence-corrected chi connectivity index (χ4v) is 0.405. The average Bonchev–Trinajstić information content (AvgIpc) is 2.14. The van der Waals surface area contributed by atoms with E-state index in [2.05, 4.69) is 15.4 Å². The SMILES string of the molecule is Cn1nnc(CN)n1. The molecular weight excluding hydrogens is 106 g/mol. The van der Waals surface area contributed by atoms with Gasteiger partial charge in [0, 0.05) is 0 Å². The summed E-state index contributed by atoms with van der Waals surface area (Å²) in [6, 6.07) is 0. The molecule has 0 atom stereocenters. The van der Waals surface area contributed by atoms with Crippen molar-refractivity contribution in [2.75, 3.05) is 0 Å². The van der Waals surface area contributed by atoms with E-state index in [4.69, 9.17) is 5.73 Å². The molecule has 5 nitrogen and oxygen atoms in total. The second-order valence-electron chi connectivity index (χ2n) is 1.40. The Morgan fingerprint density at radius 1 is 1.75 bits per heavy atom. The molecule has 5 heteroatoms. The number of nitrogens with zero attached hydrogens (tertiary/aromatic N) is 4. The lowest BCUT2D eigenvalue weighted by atomic mass is 10.7. The molecule has 0 saturated carbocycles. The molecule has 8 heavy (non-hydrogen) atoms. The summed E-state index contributed by atoms with van der Waals surface area (Å²) in [7, 11) is 1.70. The van der Waals surface area contributed by atoms with Gasteiger partial charge >= 0.3 is 0 Å². The lowest BCUT2D eigenvalue weighted by Gasteiger charge is -1.78. The van der Waals surface area contributed by atoms with Crippen LogP contribution >= 0.6 is 0 Å². The molecule has 0 amide bonds. The fraction of sp³-hybridized carbons (Fsp3) is 0.667. The van der Waals surface area contributed by atoms with E-state index in [1.807, 2.05) is 0 Å². The first kappa shape index (κ1) is 5.17. The summed E-state index contributed by atoms with van der Waals surface area (Å²) in [4.78, 5) is 1.38. The zero-order chi connectivity index (χ0) is 5.98. The highest BCUT2D eigenvalue weighted by Crippen LogP contribution is 1.77. The van der Waals surface area contributed by atoms with E-state index in [0.717, 1.165) is 0 Å². The molecule has 0 unspecified atom stereocenters. The highest BCUT2D eigenvalue weighted by atomic mass is 15.6. The van der Waals surface area contributed by atoms with Crippen LogP contribution in [0, 0.1) is 0 Å². The van der Waals surface area contributed by atoms with Crippen LogP contribution in [0.25, 0.3) is 0 Å². The summed E-state index contributed by atoms with van der Waals surface area (Å²) in [6.07, 6.45) is 0. The predicted octanol–water partition coefficient (Wildman–Crippen LogP) is -1.33. The molecule has 0 saturated heterocycles. The van der Waals surface area contributed by atoms with Crippen LogP contribution in [-0.2, 0) is 13.6 Å². The van der Waals surface area contributed by atoms with Crippen molar-refractivity contribution in [2.45, 2.75) is 6.54 Å². The van der Waals surface area contributed by atoms with Gasteiger partial charge in [-0.3, -0.25) is 0 Å². The van der Waals surface area contributed by atoms with Gasteiger partial charge in [0.1, 0.15) is 0 Å². The summed E-state index contributed by atoms with van der Waals surface area (Å²) in [5.74, 6) is 0.576. The van der Waals surface area contributed by atoms with Gasteiger partial charge < -0.3 is 5.73 Å². The molecule has 44 valence electrons. The molecule has 2 N–H and O–H groups in total. The van der Waals surface area contributed by atoms with Crippen LogP contribution in [0.4, 0.5) is 0 Å². The molecule has 0 aliphatic rings. The molecule has 1 aromatic heterocycles. The third-order valence-corrected chi connectivity index (χ3v) is 0.732. The standard InChI is InChI=1S/C3H7N5/c1-8-6-3(2-4)5-7-8/h2,4H2,1H3. The normalized spacial score (nSPS) is 9.75. The molecule has 0 aliphatic carbocycles. The Kier molecular flexibility index (Phi) is 1.21. The fourth-order valence-electron chi connectivity index (χ4n) is 0.405. The minimum Gasteiger partial charge on any atom is -0.324 e. The van der Waals surface area contributed by atoms with Crippen LogP contribution in [0.15, 0.2) is 0 Å².